The third-order valence-electron chi connectivity index (χ3n) is 1.82. The molecule has 0 bridgehead atoms. The molecule has 2 radical (unpaired) electrons. The Morgan fingerprint density at radius 1 is 0.944 bits per heavy atom. The molecule has 0 atom stereocenters. The summed E-state index contributed by atoms with van der Waals surface area (Å²) in [7, 11) is 0. The van der Waals surface area contributed by atoms with Crippen molar-refractivity contribution in [1.29, 1.82) is 0 Å². The van der Waals surface area contributed by atoms with E-state index in [2.05, 4.69) is 20.8 Å². The fraction of sp³-hybridized carbons (Fsp3) is 0.833. The summed E-state index contributed by atoms with van der Waals surface area (Å²) in [5.74, 6) is -1.51. The molecule has 18 heavy (non-hydrogen) atoms. The Hall–Kier alpha value is -0.0210. The second-order valence-corrected chi connectivity index (χ2v) is 5.03. The fourth-order valence-corrected chi connectivity index (χ4v) is 1.11. The van der Waals surface area contributed by atoms with Crippen molar-refractivity contribution in [3.63, 3.8) is 0 Å². The monoisotopic (exact) mass is 358 g/mol. The molecule has 0 heterocycles. The first-order valence-electron chi connectivity index (χ1n) is 5.56. The summed E-state index contributed by atoms with van der Waals surface area (Å²) in [6.45, 7) is 7.72. The van der Waals surface area contributed by atoms with Crippen LogP contribution in [0.1, 0.15) is 59.8 Å². The summed E-state index contributed by atoms with van der Waals surface area (Å²) < 4.78 is 0. The van der Waals surface area contributed by atoms with E-state index in [1.807, 2.05) is 0 Å². The van der Waals surface area contributed by atoms with Gasteiger partial charge >= 0.3 is 5.97 Å². The smallest absolute Gasteiger partial charge is 0.303 e. The van der Waals surface area contributed by atoms with Crippen molar-refractivity contribution in [3.8, 4) is 0 Å². The van der Waals surface area contributed by atoms with Crippen molar-refractivity contribution in [3.05, 3.63) is 0 Å². The summed E-state index contributed by atoms with van der Waals surface area (Å²) in [5.41, 5.74) is 0.392. The van der Waals surface area contributed by atoms with Crippen LogP contribution in [0.2, 0.25) is 0 Å². The molecule has 0 aromatic carbocycles. The molecule has 0 spiro atoms. The van der Waals surface area contributed by atoms with Crippen LogP contribution in [0, 0.1) is 5.41 Å². The van der Waals surface area contributed by atoms with E-state index in [0.29, 0.717) is 11.8 Å². The zero-order valence-electron chi connectivity index (χ0n) is 11.3. The Labute approximate surface area is 131 Å². The van der Waals surface area contributed by atoms with E-state index < -0.39 is 11.9 Å². The Bertz CT molecular complexity index is 209. The van der Waals surface area contributed by atoms with E-state index in [9.17, 15) is 4.79 Å². The number of aliphatic carboxylic acids is 2. The third kappa shape index (κ3) is 44.5. The van der Waals surface area contributed by atoms with Crippen LogP contribution < -0.4 is 0 Å². The molecule has 4 nitrogen and oxygen atoms in total. The zero-order chi connectivity index (χ0) is 13.2. The Kier molecular flexibility index (Phi) is 22.2. The van der Waals surface area contributed by atoms with E-state index >= 15 is 0 Å². The minimum Gasteiger partial charge on any atom is -0.481 e. The van der Waals surface area contributed by atoms with Crippen molar-refractivity contribution in [2.24, 2.45) is 5.41 Å². The molecule has 0 unspecified atom stereocenters. The maximum Gasteiger partial charge on any atom is 0.303 e. The van der Waals surface area contributed by atoms with Crippen LogP contribution in [-0.2, 0) is 43.7 Å². The molecular formula is C12H24Cu2O4. The average molecular weight is 359 g/mol. The van der Waals surface area contributed by atoms with E-state index in [0.717, 1.165) is 26.2 Å². The van der Waals surface area contributed by atoms with E-state index in [1.165, 1.54) is 6.42 Å². The molecule has 0 rings (SSSR count). The van der Waals surface area contributed by atoms with Gasteiger partial charge in [-0.15, -0.1) is 0 Å². The molecule has 0 aromatic rings. The fourth-order valence-electron chi connectivity index (χ4n) is 1.11. The Morgan fingerprint density at radius 2 is 1.33 bits per heavy atom. The van der Waals surface area contributed by atoms with Crippen molar-refractivity contribution in [2.45, 2.75) is 59.8 Å². The molecule has 0 aliphatic carbocycles. The number of rotatable bonds is 5. The van der Waals surface area contributed by atoms with Crippen LogP contribution in [0.25, 0.3) is 0 Å². The topological polar surface area (TPSA) is 74.6 Å². The quantitative estimate of drug-likeness (QED) is 0.584. The van der Waals surface area contributed by atoms with Crippen molar-refractivity contribution < 1.29 is 53.9 Å². The number of carboxylic acid groups (broad SMARTS) is 2. The van der Waals surface area contributed by atoms with Crippen LogP contribution in [0.5, 0.6) is 0 Å². The number of carbonyl (C=O) groups is 2. The zero-order valence-corrected chi connectivity index (χ0v) is 13.2. The van der Waals surface area contributed by atoms with Gasteiger partial charge < -0.3 is 10.2 Å². The van der Waals surface area contributed by atoms with Gasteiger partial charge in [0.1, 0.15) is 0 Å². The molecule has 6 heteroatoms. The molecule has 0 aliphatic rings. The molecule has 118 valence electrons. The Balaban J connectivity index is -0.000000143. The molecule has 0 aliphatic heterocycles. The third-order valence-corrected chi connectivity index (χ3v) is 1.82. The van der Waals surface area contributed by atoms with Gasteiger partial charge in [-0.3, -0.25) is 9.59 Å². The van der Waals surface area contributed by atoms with Crippen molar-refractivity contribution >= 4 is 11.9 Å². The van der Waals surface area contributed by atoms with Gasteiger partial charge in [0.25, 0.3) is 5.97 Å². The molecule has 0 aromatic heterocycles. The van der Waals surface area contributed by atoms with Gasteiger partial charge in [0.2, 0.25) is 0 Å². The van der Waals surface area contributed by atoms with Crippen LogP contribution in [-0.4, -0.2) is 22.2 Å². The summed E-state index contributed by atoms with van der Waals surface area (Å²) in [5, 5.41) is 15.8. The first kappa shape index (κ1) is 26.5. The van der Waals surface area contributed by atoms with E-state index in [1.54, 1.807) is 0 Å². The second kappa shape index (κ2) is 15.0. The molecule has 0 amide bonds. The van der Waals surface area contributed by atoms with Gasteiger partial charge in [-0.25, -0.2) is 0 Å². The predicted molar refractivity (Wildman–Crippen MR) is 63.5 cm³/mol. The van der Waals surface area contributed by atoms with Crippen molar-refractivity contribution in [1.82, 2.24) is 0 Å². The molecule has 0 fully saturated rings. The minimum absolute atomic E-state index is 0. The first-order chi connectivity index (χ1) is 7.15. The number of carboxylic acids is 2. The maximum atomic E-state index is 10.2. The van der Waals surface area contributed by atoms with Crippen LogP contribution >= 0.6 is 0 Å². The molecule has 2 N–H and O–H groups in total. The van der Waals surface area contributed by atoms with Gasteiger partial charge in [0, 0.05) is 47.5 Å². The van der Waals surface area contributed by atoms with E-state index in [-0.39, 0.29) is 34.1 Å². The Morgan fingerprint density at radius 3 is 1.61 bits per heavy atom. The largest absolute Gasteiger partial charge is 0.481 e. The molecular weight excluding hydrogens is 335 g/mol. The maximum absolute atomic E-state index is 10.2. The normalized spacial score (nSPS) is 9.11. The summed E-state index contributed by atoms with van der Waals surface area (Å²) >= 11 is 0. The van der Waals surface area contributed by atoms with Gasteiger partial charge in [0.15, 0.2) is 0 Å². The minimum atomic E-state index is -0.833. The van der Waals surface area contributed by atoms with Gasteiger partial charge in [-0.1, -0.05) is 33.6 Å². The second-order valence-electron chi connectivity index (χ2n) is 5.03. The van der Waals surface area contributed by atoms with Gasteiger partial charge in [-0.05, 0) is 18.3 Å². The van der Waals surface area contributed by atoms with Crippen molar-refractivity contribution in [2.75, 3.05) is 0 Å². The molecule has 0 saturated carbocycles. The van der Waals surface area contributed by atoms with Crippen LogP contribution in [0.4, 0.5) is 0 Å². The standard InChI is InChI=1S/C10H20O2.C2H4O2.2Cu/c1-10(2,3)8-6-4-5-7-9(11)12;1-2(3)4;;/h4-8H2,1-3H3,(H,11,12);1H3,(H,3,4);;. The van der Waals surface area contributed by atoms with Crippen LogP contribution in [0.3, 0.4) is 0 Å². The van der Waals surface area contributed by atoms with Crippen LogP contribution in [0.15, 0.2) is 0 Å². The number of hydrogen-bond acceptors (Lipinski definition) is 2. The number of hydrogen-bond donors (Lipinski definition) is 2. The summed E-state index contributed by atoms with van der Waals surface area (Å²) in [6, 6.07) is 0. The summed E-state index contributed by atoms with van der Waals surface area (Å²) in [6.07, 6.45) is 4.53. The molecule has 0 saturated heterocycles. The summed E-state index contributed by atoms with van der Waals surface area (Å²) in [4.78, 5) is 19.2. The predicted octanol–water partition coefficient (Wildman–Crippen LogP) is 3.15. The average Bonchev–Trinajstić information content (AvgIpc) is 1.99. The van der Waals surface area contributed by atoms with Gasteiger partial charge in [-0.2, -0.15) is 0 Å². The first-order valence-corrected chi connectivity index (χ1v) is 5.56. The number of unbranched alkanes of at least 4 members (excludes halogenated alkanes) is 2. The van der Waals surface area contributed by atoms with Gasteiger partial charge in [0.05, 0.1) is 0 Å². The SMILES string of the molecule is CC(=O)O.CC(C)(C)CCCCCC(=O)O.[Cu].[Cu]. The van der Waals surface area contributed by atoms with E-state index in [4.69, 9.17) is 15.0 Å².